The van der Waals surface area contributed by atoms with Gasteiger partial charge in [-0.3, -0.25) is 4.79 Å². The molecular formula is C19H20N2O5S. The molecule has 0 aromatic heterocycles. The third-order valence-corrected chi connectivity index (χ3v) is 5.94. The van der Waals surface area contributed by atoms with Gasteiger partial charge in [0.15, 0.2) is 11.5 Å². The fourth-order valence-electron chi connectivity index (χ4n) is 2.73. The molecule has 2 aromatic rings. The Morgan fingerprint density at radius 2 is 1.74 bits per heavy atom. The van der Waals surface area contributed by atoms with Crippen LogP contribution < -0.4 is 19.5 Å². The lowest BCUT2D eigenvalue weighted by Gasteiger charge is -2.25. The largest absolute Gasteiger partial charge is 0.485 e. The summed E-state index contributed by atoms with van der Waals surface area (Å²) in [6.45, 7) is 0.420. The van der Waals surface area contributed by atoms with E-state index in [9.17, 15) is 13.2 Å². The van der Waals surface area contributed by atoms with Gasteiger partial charge in [-0.25, -0.2) is 13.1 Å². The average molecular weight is 388 g/mol. The van der Waals surface area contributed by atoms with Crippen LogP contribution in [0, 0.1) is 0 Å². The van der Waals surface area contributed by atoms with Crippen LogP contribution >= 0.6 is 0 Å². The van der Waals surface area contributed by atoms with Gasteiger partial charge < -0.3 is 14.8 Å². The number of sulfonamides is 1. The molecule has 1 amide bonds. The fraction of sp³-hybridized carbons (Fsp3) is 0.316. The Morgan fingerprint density at radius 3 is 2.44 bits per heavy atom. The summed E-state index contributed by atoms with van der Waals surface area (Å²) in [4.78, 5) is 12.5. The summed E-state index contributed by atoms with van der Waals surface area (Å²) in [5, 5.41) is 2.79. The maximum Gasteiger partial charge on any atom is 0.264 e. The Morgan fingerprint density at radius 1 is 1.04 bits per heavy atom. The summed E-state index contributed by atoms with van der Waals surface area (Å²) in [5.74, 6) is 0.886. The number of fused-ring (bicyclic) bond motifs is 1. The van der Waals surface area contributed by atoms with Crippen LogP contribution in [-0.2, 0) is 21.4 Å². The second-order valence-electron chi connectivity index (χ2n) is 6.62. The summed E-state index contributed by atoms with van der Waals surface area (Å²) >= 11 is 0. The van der Waals surface area contributed by atoms with Gasteiger partial charge in [0.1, 0.15) is 6.61 Å². The highest BCUT2D eigenvalue weighted by molar-refractivity contribution is 7.89. The molecule has 4 rings (SSSR count). The van der Waals surface area contributed by atoms with E-state index < -0.39 is 16.1 Å². The van der Waals surface area contributed by atoms with E-state index in [-0.39, 0.29) is 30.0 Å². The van der Waals surface area contributed by atoms with Gasteiger partial charge >= 0.3 is 0 Å². The van der Waals surface area contributed by atoms with Gasteiger partial charge in [0.2, 0.25) is 16.1 Å². The van der Waals surface area contributed by atoms with Crippen molar-refractivity contribution < 1.29 is 22.7 Å². The molecule has 1 unspecified atom stereocenters. The zero-order valence-corrected chi connectivity index (χ0v) is 15.4. The Hall–Kier alpha value is -2.58. The SMILES string of the molecule is O=C(NCc1ccc(S(=O)(=O)NC2CC2)cc1)C1COc2ccccc2O1. The molecule has 7 nitrogen and oxygen atoms in total. The number of hydrogen-bond donors (Lipinski definition) is 2. The van der Waals surface area contributed by atoms with E-state index in [2.05, 4.69) is 10.0 Å². The van der Waals surface area contributed by atoms with Crippen LogP contribution in [-0.4, -0.2) is 33.1 Å². The average Bonchev–Trinajstić information content (AvgIpc) is 3.49. The van der Waals surface area contributed by atoms with Gasteiger partial charge in [0.25, 0.3) is 5.91 Å². The van der Waals surface area contributed by atoms with E-state index in [0.29, 0.717) is 11.5 Å². The van der Waals surface area contributed by atoms with Crippen LogP contribution in [0.25, 0.3) is 0 Å². The quantitative estimate of drug-likeness (QED) is 0.784. The number of carbonyl (C=O) groups is 1. The molecule has 1 heterocycles. The van der Waals surface area contributed by atoms with Crippen molar-refractivity contribution in [3.8, 4) is 11.5 Å². The van der Waals surface area contributed by atoms with E-state index >= 15 is 0 Å². The van der Waals surface area contributed by atoms with Crippen LogP contribution in [0.2, 0.25) is 0 Å². The molecule has 1 atom stereocenters. The summed E-state index contributed by atoms with van der Waals surface area (Å²) in [7, 11) is -3.46. The van der Waals surface area contributed by atoms with Crippen LogP contribution in [0.15, 0.2) is 53.4 Å². The van der Waals surface area contributed by atoms with Crippen LogP contribution in [0.1, 0.15) is 18.4 Å². The molecule has 1 saturated carbocycles. The van der Waals surface area contributed by atoms with Crippen molar-refractivity contribution in [2.45, 2.75) is 36.4 Å². The highest BCUT2D eigenvalue weighted by atomic mass is 32.2. The van der Waals surface area contributed by atoms with Crippen molar-refractivity contribution >= 4 is 15.9 Å². The molecule has 27 heavy (non-hydrogen) atoms. The zero-order valence-electron chi connectivity index (χ0n) is 14.6. The van der Waals surface area contributed by atoms with Gasteiger partial charge in [-0.2, -0.15) is 0 Å². The van der Waals surface area contributed by atoms with E-state index in [1.54, 1.807) is 36.4 Å². The molecule has 1 aliphatic carbocycles. The summed E-state index contributed by atoms with van der Waals surface area (Å²) in [6, 6.07) is 13.7. The van der Waals surface area contributed by atoms with Gasteiger partial charge in [-0.15, -0.1) is 0 Å². The van der Waals surface area contributed by atoms with Gasteiger partial charge in [0, 0.05) is 12.6 Å². The number of rotatable bonds is 6. The van der Waals surface area contributed by atoms with E-state index in [0.717, 1.165) is 18.4 Å². The molecule has 2 aliphatic rings. The molecule has 0 radical (unpaired) electrons. The monoisotopic (exact) mass is 388 g/mol. The van der Waals surface area contributed by atoms with Crippen molar-refractivity contribution in [2.75, 3.05) is 6.61 Å². The topological polar surface area (TPSA) is 93.7 Å². The predicted octanol–water partition coefficient (Wildman–Crippen LogP) is 1.58. The summed E-state index contributed by atoms with van der Waals surface area (Å²) in [6.07, 6.45) is 1.06. The second-order valence-corrected chi connectivity index (χ2v) is 8.34. The van der Waals surface area contributed by atoms with Crippen molar-refractivity contribution in [3.63, 3.8) is 0 Å². The molecule has 1 aliphatic heterocycles. The molecule has 8 heteroatoms. The first-order chi connectivity index (χ1) is 13.0. The van der Waals surface area contributed by atoms with E-state index in [4.69, 9.17) is 9.47 Å². The first-order valence-corrected chi connectivity index (χ1v) is 10.3. The van der Waals surface area contributed by atoms with Crippen LogP contribution in [0.5, 0.6) is 11.5 Å². The second kappa shape index (κ2) is 7.21. The maximum absolute atomic E-state index is 12.3. The van der Waals surface area contributed by atoms with Crippen LogP contribution in [0.4, 0.5) is 0 Å². The number of amides is 1. The summed E-state index contributed by atoms with van der Waals surface area (Å²) in [5.41, 5.74) is 0.797. The number of para-hydroxylation sites is 2. The highest BCUT2D eigenvalue weighted by Crippen LogP contribution is 2.30. The first-order valence-electron chi connectivity index (χ1n) is 8.79. The summed E-state index contributed by atoms with van der Waals surface area (Å²) < 4.78 is 38.2. The third-order valence-electron chi connectivity index (χ3n) is 4.40. The Kier molecular flexibility index (Phi) is 4.75. The van der Waals surface area contributed by atoms with Crippen molar-refractivity contribution in [1.82, 2.24) is 10.0 Å². The van der Waals surface area contributed by atoms with Crippen molar-refractivity contribution in [3.05, 3.63) is 54.1 Å². The smallest absolute Gasteiger partial charge is 0.264 e. The number of carbonyl (C=O) groups excluding carboxylic acids is 1. The lowest BCUT2D eigenvalue weighted by atomic mass is 10.2. The number of benzene rings is 2. The minimum Gasteiger partial charge on any atom is -0.485 e. The fourth-order valence-corrected chi connectivity index (χ4v) is 4.03. The molecule has 1 fully saturated rings. The molecule has 0 saturated heterocycles. The van der Waals surface area contributed by atoms with Gasteiger partial charge in [-0.1, -0.05) is 24.3 Å². The lowest BCUT2D eigenvalue weighted by molar-refractivity contribution is -0.130. The molecular weight excluding hydrogens is 368 g/mol. The lowest BCUT2D eigenvalue weighted by Crippen LogP contribution is -2.43. The molecule has 2 N–H and O–H groups in total. The standard InChI is InChI=1S/C19H20N2O5S/c22-19(18-12-25-16-3-1-2-4-17(16)26-18)20-11-13-5-9-15(10-6-13)27(23,24)21-14-7-8-14/h1-6,9-10,14,18,21H,7-8,11-12H2,(H,20,22). The molecule has 0 spiro atoms. The number of ether oxygens (including phenoxy) is 2. The van der Waals surface area contributed by atoms with Crippen LogP contribution in [0.3, 0.4) is 0 Å². The highest BCUT2D eigenvalue weighted by Gasteiger charge is 2.28. The predicted molar refractivity (Wildman–Crippen MR) is 98.0 cm³/mol. The third kappa shape index (κ3) is 4.23. The molecule has 142 valence electrons. The van der Waals surface area contributed by atoms with Crippen molar-refractivity contribution in [1.29, 1.82) is 0 Å². The van der Waals surface area contributed by atoms with E-state index in [1.807, 2.05) is 12.1 Å². The minimum atomic E-state index is -3.46. The minimum absolute atomic E-state index is 0.0665. The molecule has 2 aromatic carbocycles. The Labute approximate surface area is 157 Å². The number of nitrogens with one attached hydrogen (secondary N) is 2. The van der Waals surface area contributed by atoms with Gasteiger partial charge in [-0.05, 0) is 42.7 Å². The molecule has 0 bridgehead atoms. The Bertz CT molecular complexity index is 939. The first kappa shape index (κ1) is 17.8. The normalized spacial score (nSPS) is 18.7. The Balaban J connectivity index is 1.33. The number of hydrogen-bond acceptors (Lipinski definition) is 5. The zero-order chi connectivity index (χ0) is 18.9. The van der Waals surface area contributed by atoms with Crippen molar-refractivity contribution in [2.24, 2.45) is 0 Å². The maximum atomic E-state index is 12.3. The van der Waals surface area contributed by atoms with E-state index in [1.165, 1.54) is 0 Å². The van der Waals surface area contributed by atoms with Gasteiger partial charge in [0.05, 0.1) is 4.90 Å².